The number of hydrazine groups is 1. The van der Waals surface area contributed by atoms with Crippen molar-refractivity contribution in [3.8, 4) is 22.1 Å². The van der Waals surface area contributed by atoms with Gasteiger partial charge in [-0.1, -0.05) is 60.7 Å². The molecule has 0 aliphatic carbocycles. The predicted molar refractivity (Wildman–Crippen MR) is 131 cm³/mol. The van der Waals surface area contributed by atoms with E-state index in [-0.39, 0.29) is 0 Å². The summed E-state index contributed by atoms with van der Waals surface area (Å²) in [7, 11) is 1.51. The Hall–Kier alpha value is -4.17. The molecule has 0 atom stereocenters. The molecule has 8 heteroatoms. The second-order valence-electron chi connectivity index (χ2n) is 7.35. The minimum absolute atomic E-state index is 0.315. The van der Waals surface area contributed by atoms with Gasteiger partial charge in [-0.2, -0.15) is 0 Å². The van der Waals surface area contributed by atoms with E-state index >= 15 is 0 Å². The highest BCUT2D eigenvalue weighted by Gasteiger charge is 2.18. The van der Waals surface area contributed by atoms with Crippen molar-refractivity contribution >= 4 is 23.2 Å². The van der Waals surface area contributed by atoms with E-state index in [0.717, 1.165) is 16.1 Å². The van der Waals surface area contributed by atoms with Gasteiger partial charge in [0.15, 0.2) is 11.5 Å². The van der Waals surface area contributed by atoms with Crippen LogP contribution in [0.5, 0.6) is 11.5 Å². The van der Waals surface area contributed by atoms with Crippen LogP contribution < -0.4 is 20.3 Å². The Morgan fingerprint density at radius 2 is 1.56 bits per heavy atom. The predicted octanol–water partition coefficient (Wildman–Crippen LogP) is 4.78. The molecular formula is C26H23N3O4S. The first-order chi connectivity index (χ1) is 16.5. The summed E-state index contributed by atoms with van der Waals surface area (Å²) in [6.07, 6.45) is 0. The summed E-state index contributed by atoms with van der Waals surface area (Å²) in [5.74, 6) is 0.0217. The van der Waals surface area contributed by atoms with Crippen molar-refractivity contribution in [2.75, 3.05) is 7.11 Å². The summed E-state index contributed by atoms with van der Waals surface area (Å²) >= 11 is 1.27. The van der Waals surface area contributed by atoms with Crippen molar-refractivity contribution in [2.24, 2.45) is 0 Å². The van der Waals surface area contributed by atoms with Crippen LogP contribution in [0, 0.1) is 6.92 Å². The number of carbonyl (C=O) groups excluding carboxylic acids is 2. The maximum Gasteiger partial charge on any atom is 0.281 e. The average molecular weight is 474 g/mol. The Morgan fingerprint density at radius 1 is 0.882 bits per heavy atom. The van der Waals surface area contributed by atoms with Gasteiger partial charge in [0, 0.05) is 11.1 Å². The zero-order valence-electron chi connectivity index (χ0n) is 18.7. The maximum absolute atomic E-state index is 12.6. The molecule has 4 aromatic rings. The van der Waals surface area contributed by atoms with E-state index in [4.69, 9.17) is 9.47 Å². The molecule has 0 aliphatic heterocycles. The zero-order chi connectivity index (χ0) is 23.9. The Bertz CT molecular complexity index is 1290. The highest BCUT2D eigenvalue weighted by Crippen LogP contribution is 2.29. The fourth-order valence-electron chi connectivity index (χ4n) is 3.22. The molecular weight excluding hydrogens is 450 g/mol. The first-order valence-electron chi connectivity index (χ1n) is 10.5. The third-order valence-corrected chi connectivity index (χ3v) is 6.18. The number of thiazole rings is 1. The number of hydrogen-bond acceptors (Lipinski definition) is 6. The molecule has 3 aromatic carbocycles. The number of methoxy groups -OCH3 is 1. The van der Waals surface area contributed by atoms with Crippen LogP contribution in [0.2, 0.25) is 0 Å². The molecule has 34 heavy (non-hydrogen) atoms. The van der Waals surface area contributed by atoms with Crippen LogP contribution in [-0.4, -0.2) is 23.9 Å². The van der Waals surface area contributed by atoms with E-state index < -0.39 is 11.8 Å². The molecule has 0 fully saturated rings. The fraction of sp³-hybridized carbons (Fsp3) is 0.115. The van der Waals surface area contributed by atoms with Crippen molar-refractivity contribution in [3.63, 3.8) is 0 Å². The SMILES string of the molecule is COc1cc(C(=O)NNC(=O)c2sc(-c3ccccc3)nc2C)ccc1OCc1ccccc1. The number of aromatic nitrogens is 1. The lowest BCUT2D eigenvalue weighted by Gasteiger charge is -2.12. The number of ether oxygens (including phenoxy) is 2. The molecule has 7 nitrogen and oxygen atoms in total. The Morgan fingerprint density at radius 3 is 2.26 bits per heavy atom. The number of amides is 2. The fourth-order valence-corrected chi connectivity index (χ4v) is 4.18. The molecule has 1 aromatic heterocycles. The van der Waals surface area contributed by atoms with Crippen molar-refractivity contribution < 1.29 is 19.1 Å². The summed E-state index contributed by atoms with van der Waals surface area (Å²) in [6, 6.07) is 24.2. The van der Waals surface area contributed by atoms with Crippen molar-refractivity contribution in [3.05, 3.63) is 101 Å². The highest BCUT2D eigenvalue weighted by molar-refractivity contribution is 7.17. The van der Waals surface area contributed by atoms with Gasteiger partial charge in [0.05, 0.1) is 12.8 Å². The van der Waals surface area contributed by atoms with E-state index in [2.05, 4.69) is 15.8 Å². The lowest BCUT2D eigenvalue weighted by molar-refractivity contribution is 0.0848. The Kier molecular flexibility index (Phi) is 7.19. The summed E-state index contributed by atoms with van der Waals surface area (Å²) in [5, 5.41) is 0.741. The minimum atomic E-state index is -0.480. The number of aryl methyl sites for hydroxylation is 1. The van der Waals surface area contributed by atoms with Crippen LogP contribution in [0.1, 0.15) is 31.3 Å². The van der Waals surface area contributed by atoms with Gasteiger partial charge in [0.1, 0.15) is 16.5 Å². The van der Waals surface area contributed by atoms with Crippen molar-refractivity contribution in [1.29, 1.82) is 0 Å². The zero-order valence-corrected chi connectivity index (χ0v) is 19.5. The molecule has 0 saturated carbocycles. The smallest absolute Gasteiger partial charge is 0.281 e. The third-order valence-electron chi connectivity index (χ3n) is 4.98. The third kappa shape index (κ3) is 5.41. The molecule has 0 aliphatic rings. The summed E-state index contributed by atoms with van der Waals surface area (Å²) in [4.78, 5) is 30.2. The first kappa shape index (κ1) is 23.0. The second kappa shape index (κ2) is 10.6. The van der Waals surface area contributed by atoms with Crippen LogP contribution in [0.25, 0.3) is 10.6 Å². The van der Waals surface area contributed by atoms with E-state index in [0.29, 0.717) is 34.2 Å². The number of carbonyl (C=O) groups is 2. The van der Waals surface area contributed by atoms with Crippen LogP contribution in [0.15, 0.2) is 78.9 Å². The van der Waals surface area contributed by atoms with Gasteiger partial charge in [-0.3, -0.25) is 20.4 Å². The monoisotopic (exact) mass is 473 g/mol. The van der Waals surface area contributed by atoms with Gasteiger partial charge < -0.3 is 9.47 Å². The van der Waals surface area contributed by atoms with Gasteiger partial charge in [0.2, 0.25) is 0 Å². The Labute approximate surface area is 201 Å². The van der Waals surface area contributed by atoms with E-state index in [1.54, 1.807) is 25.1 Å². The number of benzene rings is 3. The average Bonchev–Trinajstić information content (AvgIpc) is 3.28. The van der Waals surface area contributed by atoms with Gasteiger partial charge in [-0.05, 0) is 30.7 Å². The van der Waals surface area contributed by atoms with E-state index in [9.17, 15) is 9.59 Å². The summed E-state index contributed by atoms with van der Waals surface area (Å²) in [6.45, 7) is 2.14. The largest absolute Gasteiger partial charge is 0.493 e. The first-order valence-corrected chi connectivity index (χ1v) is 11.3. The van der Waals surface area contributed by atoms with E-state index in [1.165, 1.54) is 18.4 Å². The normalized spacial score (nSPS) is 10.4. The van der Waals surface area contributed by atoms with Crippen molar-refractivity contribution in [1.82, 2.24) is 15.8 Å². The molecule has 0 radical (unpaired) electrons. The summed E-state index contributed by atoms with van der Waals surface area (Å²) < 4.78 is 11.2. The molecule has 4 rings (SSSR count). The van der Waals surface area contributed by atoms with Crippen LogP contribution in [0.3, 0.4) is 0 Å². The van der Waals surface area contributed by atoms with Crippen LogP contribution in [-0.2, 0) is 6.61 Å². The number of nitrogens with one attached hydrogen (secondary N) is 2. The van der Waals surface area contributed by atoms with E-state index in [1.807, 2.05) is 60.7 Å². The molecule has 2 N–H and O–H groups in total. The molecule has 172 valence electrons. The van der Waals surface area contributed by atoms with Gasteiger partial charge in [-0.25, -0.2) is 4.98 Å². The van der Waals surface area contributed by atoms with Gasteiger partial charge >= 0.3 is 0 Å². The van der Waals surface area contributed by atoms with Crippen LogP contribution >= 0.6 is 11.3 Å². The standard InChI is InChI=1S/C26H23N3O4S/c1-17-23(34-26(27-17)19-11-7-4-8-12-19)25(31)29-28-24(30)20-13-14-21(22(15-20)32-2)33-16-18-9-5-3-6-10-18/h3-15H,16H2,1-2H3,(H,28,30)(H,29,31). The molecule has 0 bridgehead atoms. The molecule has 0 saturated heterocycles. The molecule has 1 heterocycles. The maximum atomic E-state index is 12.6. The summed E-state index contributed by atoms with van der Waals surface area (Å²) in [5.41, 5.74) is 7.76. The lowest BCUT2D eigenvalue weighted by atomic mass is 10.2. The number of hydrogen-bond donors (Lipinski definition) is 2. The second-order valence-corrected chi connectivity index (χ2v) is 8.35. The topological polar surface area (TPSA) is 89.6 Å². The number of nitrogens with zero attached hydrogens (tertiary/aromatic N) is 1. The van der Waals surface area contributed by atoms with Gasteiger partial charge in [0.25, 0.3) is 11.8 Å². The quantitative estimate of drug-likeness (QED) is 0.377. The van der Waals surface area contributed by atoms with Gasteiger partial charge in [-0.15, -0.1) is 11.3 Å². The molecule has 0 spiro atoms. The lowest BCUT2D eigenvalue weighted by Crippen LogP contribution is -2.41. The highest BCUT2D eigenvalue weighted by atomic mass is 32.1. The van der Waals surface area contributed by atoms with Crippen molar-refractivity contribution in [2.45, 2.75) is 13.5 Å². The number of rotatable bonds is 7. The molecule has 2 amide bonds. The molecule has 0 unspecified atom stereocenters. The van der Waals surface area contributed by atoms with Crippen LogP contribution in [0.4, 0.5) is 0 Å². The Balaban J connectivity index is 1.39. The minimum Gasteiger partial charge on any atom is -0.493 e.